The van der Waals surface area contributed by atoms with Crippen molar-refractivity contribution in [3.05, 3.63) is 46.7 Å². The molecule has 1 unspecified atom stereocenters. The largest absolute Gasteiger partial charge is 0.493 e. The lowest BCUT2D eigenvalue weighted by Gasteiger charge is -2.24. The van der Waals surface area contributed by atoms with E-state index >= 15 is 0 Å². The van der Waals surface area contributed by atoms with Gasteiger partial charge in [-0.1, -0.05) is 36.5 Å². The molecule has 7 nitrogen and oxygen atoms in total. The fraction of sp³-hybridized carbons (Fsp3) is 0.440. The summed E-state index contributed by atoms with van der Waals surface area (Å²) >= 11 is 12.2. The van der Waals surface area contributed by atoms with Crippen molar-refractivity contribution in [3.63, 3.8) is 0 Å². The van der Waals surface area contributed by atoms with Crippen LogP contribution in [0.3, 0.4) is 0 Å². The molecule has 2 aromatic carbocycles. The molecule has 1 aliphatic heterocycles. The Balaban J connectivity index is 1.51. The summed E-state index contributed by atoms with van der Waals surface area (Å²) in [6.07, 6.45) is 4.96. The van der Waals surface area contributed by atoms with Crippen LogP contribution in [0.5, 0.6) is 11.5 Å². The number of nitrogens with zero attached hydrogens (tertiary/aromatic N) is 3. The van der Waals surface area contributed by atoms with E-state index in [9.17, 15) is 0 Å². The SMILES string of the molecule is CCCCN1CCCOC(COc2cc3ncnc(Nc4ccc(Cl)c(Cl)c4)c3cc2OC)C1. The molecule has 2 heterocycles. The number of aromatic nitrogens is 2. The lowest BCUT2D eigenvalue weighted by atomic mass is 10.2. The van der Waals surface area contributed by atoms with E-state index in [4.69, 9.17) is 37.4 Å². The Kier molecular flexibility index (Phi) is 8.67. The van der Waals surface area contributed by atoms with Gasteiger partial charge in [0.2, 0.25) is 0 Å². The Hall–Kier alpha value is -2.32. The van der Waals surface area contributed by atoms with Gasteiger partial charge in [-0.3, -0.25) is 0 Å². The maximum absolute atomic E-state index is 6.18. The van der Waals surface area contributed by atoms with E-state index in [1.165, 1.54) is 19.2 Å². The third-order valence-electron chi connectivity index (χ3n) is 5.79. The minimum Gasteiger partial charge on any atom is -0.493 e. The lowest BCUT2D eigenvalue weighted by molar-refractivity contribution is 0.0203. The van der Waals surface area contributed by atoms with Crippen LogP contribution in [0.15, 0.2) is 36.7 Å². The average molecular weight is 505 g/mol. The molecule has 0 spiro atoms. The first kappa shape index (κ1) is 24.8. The number of halogens is 2. The smallest absolute Gasteiger partial charge is 0.163 e. The van der Waals surface area contributed by atoms with Crippen LogP contribution in [0.2, 0.25) is 10.0 Å². The zero-order valence-corrected chi connectivity index (χ0v) is 21.0. The van der Waals surface area contributed by atoms with Gasteiger partial charge in [-0.15, -0.1) is 0 Å². The van der Waals surface area contributed by atoms with Gasteiger partial charge in [0.25, 0.3) is 0 Å². The number of hydrogen-bond donors (Lipinski definition) is 1. The summed E-state index contributed by atoms with van der Waals surface area (Å²) in [4.78, 5) is 11.3. The minimum atomic E-state index is 0.0111. The third kappa shape index (κ3) is 6.21. The molecule has 0 radical (unpaired) electrons. The van der Waals surface area contributed by atoms with Crippen LogP contribution in [-0.2, 0) is 4.74 Å². The van der Waals surface area contributed by atoms with Gasteiger partial charge in [0.1, 0.15) is 24.9 Å². The number of ether oxygens (including phenoxy) is 3. The lowest BCUT2D eigenvalue weighted by Crippen LogP contribution is -2.35. The Labute approximate surface area is 210 Å². The van der Waals surface area contributed by atoms with Crippen molar-refractivity contribution < 1.29 is 14.2 Å². The molecule has 0 saturated carbocycles. The van der Waals surface area contributed by atoms with Crippen LogP contribution in [0, 0.1) is 0 Å². The summed E-state index contributed by atoms with van der Waals surface area (Å²) < 4.78 is 17.9. The second-order valence-corrected chi connectivity index (χ2v) is 9.12. The van der Waals surface area contributed by atoms with Crippen LogP contribution < -0.4 is 14.8 Å². The summed E-state index contributed by atoms with van der Waals surface area (Å²) in [6, 6.07) is 9.09. The molecule has 0 bridgehead atoms. The molecular weight excluding hydrogens is 475 g/mol. The number of methoxy groups -OCH3 is 1. The van der Waals surface area contributed by atoms with Crippen molar-refractivity contribution >= 4 is 45.6 Å². The monoisotopic (exact) mass is 504 g/mol. The van der Waals surface area contributed by atoms with E-state index in [1.807, 2.05) is 18.2 Å². The van der Waals surface area contributed by atoms with Crippen LogP contribution >= 0.6 is 23.2 Å². The molecule has 9 heteroatoms. The molecule has 1 atom stereocenters. The van der Waals surface area contributed by atoms with Gasteiger partial charge in [0, 0.05) is 36.8 Å². The second kappa shape index (κ2) is 11.9. The summed E-state index contributed by atoms with van der Waals surface area (Å²) in [7, 11) is 1.62. The standard InChI is InChI=1S/C25H30Cl2N4O3/c1-3-4-8-31-9-5-10-33-18(14-31)15-34-24-13-22-19(12-23(24)32-2)25(29-16-28-22)30-17-6-7-20(26)21(27)11-17/h6-7,11-13,16,18H,3-5,8-10,14-15H2,1-2H3,(H,28,29,30). The first-order valence-corrected chi connectivity index (χ1v) is 12.3. The predicted octanol–water partition coefficient (Wildman–Crippen LogP) is 5.96. The Bertz CT molecular complexity index is 1110. The zero-order chi connectivity index (χ0) is 23.9. The van der Waals surface area contributed by atoms with Crippen molar-refractivity contribution in [3.8, 4) is 11.5 Å². The van der Waals surface area contributed by atoms with Gasteiger partial charge < -0.3 is 24.4 Å². The number of hydrogen-bond acceptors (Lipinski definition) is 7. The van der Waals surface area contributed by atoms with E-state index < -0.39 is 0 Å². The normalized spacial score (nSPS) is 16.9. The maximum Gasteiger partial charge on any atom is 0.163 e. The molecule has 3 aromatic rings. The Morgan fingerprint density at radius 2 is 2.03 bits per heavy atom. The quantitative estimate of drug-likeness (QED) is 0.385. The van der Waals surface area contributed by atoms with Gasteiger partial charge in [0.05, 0.1) is 22.7 Å². The molecule has 0 amide bonds. The van der Waals surface area contributed by atoms with E-state index in [1.54, 1.807) is 19.2 Å². The van der Waals surface area contributed by atoms with Crippen molar-refractivity contribution in [1.82, 2.24) is 14.9 Å². The van der Waals surface area contributed by atoms with E-state index in [0.717, 1.165) is 49.3 Å². The van der Waals surface area contributed by atoms with Crippen LogP contribution in [0.25, 0.3) is 10.9 Å². The van der Waals surface area contributed by atoms with Crippen molar-refractivity contribution in [2.75, 3.05) is 45.3 Å². The first-order chi connectivity index (χ1) is 16.6. The molecule has 1 fully saturated rings. The molecule has 1 aromatic heterocycles. The molecule has 0 aliphatic carbocycles. The van der Waals surface area contributed by atoms with E-state index in [2.05, 4.69) is 27.1 Å². The first-order valence-electron chi connectivity index (χ1n) is 11.6. The fourth-order valence-electron chi connectivity index (χ4n) is 3.99. The van der Waals surface area contributed by atoms with Crippen molar-refractivity contribution in [2.45, 2.75) is 32.3 Å². The van der Waals surface area contributed by atoms with Crippen molar-refractivity contribution in [1.29, 1.82) is 0 Å². The summed E-state index contributed by atoms with van der Waals surface area (Å²) in [6.45, 7) is 6.46. The number of nitrogens with one attached hydrogen (secondary N) is 1. The fourth-order valence-corrected chi connectivity index (χ4v) is 4.28. The molecule has 1 saturated heterocycles. The highest BCUT2D eigenvalue weighted by atomic mass is 35.5. The average Bonchev–Trinajstić information content (AvgIpc) is 3.08. The molecular formula is C25H30Cl2N4O3. The third-order valence-corrected chi connectivity index (χ3v) is 6.53. The Morgan fingerprint density at radius 3 is 2.82 bits per heavy atom. The summed E-state index contributed by atoms with van der Waals surface area (Å²) in [5.41, 5.74) is 1.51. The van der Waals surface area contributed by atoms with Gasteiger partial charge in [0.15, 0.2) is 11.5 Å². The van der Waals surface area contributed by atoms with Crippen molar-refractivity contribution in [2.24, 2.45) is 0 Å². The molecule has 182 valence electrons. The summed E-state index contributed by atoms with van der Waals surface area (Å²) in [5.74, 6) is 1.87. The number of benzene rings is 2. The molecule has 4 rings (SSSR count). The van der Waals surface area contributed by atoms with Gasteiger partial charge >= 0.3 is 0 Å². The van der Waals surface area contributed by atoms with Crippen LogP contribution in [-0.4, -0.2) is 60.9 Å². The van der Waals surface area contributed by atoms with Gasteiger partial charge in [-0.25, -0.2) is 9.97 Å². The minimum absolute atomic E-state index is 0.0111. The number of anilines is 2. The predicted molar refractivity (Wildman–Crippen MR) is 137 cm³/mol. The Morgan fingerprint density at radius 1 is 1.15 bits per heavy atom. The maximum atomic E-state index is 6.18. The van der Waals surface area contributed by atoms with E-state index in [0.29, 0.717) is 34.0 Å². The topological polar surface area (TPSA) is 68.7 Å². The van der Waals surface area contributed by atoms with E-state index in [-0.39, 0.29) is 6.10 Å². The number of rotatable bonds is 9. The molecule has 34 heavy (non-hydrogen) atoms. The second-order valence-electron chi connectivity index (χ2n) is 8.31. The highest BCUT2D eigenvalue weighted by Crippen LogP contribution is 2.35. The van der Waals surface area contributed by atoms with Crippen LogP contribution in [0.1, 0.15) is 26.2 Å². The molecule has 1 N–H and O–H groups in total. The number of fused-ring (bicyclic) bond motifs is 1. The van der Waals surface area contributed by atoms with Crippen LogP contribution in [0.4, 0.5) is 11.5 Å². The summed E-state index contributed by atoms with van der Waals surface area (Å²) in [5, 5.41) is 5.04. The molecule has 1 aliphatic rings. The van der Waals surface area contributed by atoms with Gasteiger partial charge in [-0.2, -0.15) is 0 Å². The highest BCUT2D eigenvalue weighted by Gasteiger charge is 2.20. The van der Waals surface area contributed by atoms with Gasteiger partial charge in [-0.05, 0) is 43.7 Å². The zero-order valence-electron chi connectivity index (χ0n) is 19.5. The number of unbranched alkanes of at least 4 members (excludes halogenated alkanes) is 1. The highest BCUT2D eigenvalue weighted by molar-refractivity contribution is 6.42.